The number of aliphatic carboxylic acids is 1. The molecule has 1 heterocycles. The number of aromatic nitrogens is 2. The first-order chi connectivity index (χ1) is 11.3. The molecule has 0 saturated carbocycles. The van der Waals surface area contributed by atoms with Crippen LogP contribution in [0.3, 0.4) is 0 Å². The standard InChI is InChI=1S/C15H14FN3O5/c1-8-6-19(15(24)18-12(8)20)7-11(14(22)23)17-13(21)9-3-2-4-10(16)5-9/h2-6,11H,7H2,1H3,(H,17,21)(H,22,23)(H,18,20,24)/t11-/m0/s1. The number of hydrogen-bond donors (Lipinski definition) is 3. The van der Waals surface area contributed by atoms with Crippen LogP contribution in [0.1, 0.15) is 15.9 Å². The largest absolute Gasteiger partial charge is 0.480 e. The van der Waals surface area contributed by atoms with Crippen molar-refractivity contribution in [1.82, 2.24) is 14.9 Å². The molecule has 2 aromatic rings. The van der Waals surface area contributed by atoms with Crippen molar-refractivity contribution in [3.05, 3.63) is 68.2 Å². The second-order valence-corrected chi connectivity index (χ2v) is 5.10. The number of carbonyl (C=O) groups is 2. The lowest BCUT2D eigenvalue weighted by atomic mass is 10.2. The highest BCUT2D eigenvalue weighted by Gasteiger charge is 2.22. The first-order valence-corrected chi connectivity index (χ1v) is 6.87. The third-order valence-electron chi connectivity index (χ3n) is 3.26. The minimum atomic E-state index is -1.44. The Bertz CT molecular complexity index is 902. The summed E-state index contributed by atoms with van der Waals surface area (Å²) in [5.41, 5.74) is -1.20. The number of amides is 1. The third-order valence-corrected chi connectivity index (χ3v) is 3.26. The zero-order chi connectivity index (χ0) is 17.9. The van der Waals surface area contributed by atoms with Crippen molar-refractivity contribution < 1.29 is 19.1 Å². The molecule has 2 rings (SSSR count). The first-order valence-electron chi connectivity index (χ1n) is 6.87. The summed E-state index contributed by atoms with van der Waals surface area (Å²) in [6.07, 6.45) is 1.20. The number of benzene rings is 1. The number of aryl methyl sites for hydroxylation is 1. The van der Waals surface area contributed by atoms with Crippen molar-refractivity contribution in [2.24, 2.45) is 0 Å². The van der Waals surface area contributed by atoms with Gasteiger partial charge in [0.2, 0.25) is 0 Å². The van der Waals surface area contributed by atoms with Crippen LogP contribution in [0, 0.1) is 12.7 Å². The molecule has 1 aromatic heterocycles. The van der Waals surface area contributed by atoms with Crippen LogP contribution in [0.2, 0.25) is 0 Å². The molecule has 0 radical (unpaired) electrons. The van der Waals surface area contributed by atoms with E-state index >= 15 is 0 Å². The van der Waals surface area contributed by atoms with E-state index in [1.807, 2.05) is 4.98 Å². The van der Waals surface area contributed by atoms with Gasteiger partial charge in [-0.15, -0.1) is 0 Å². The molecule has 9 heteroatoms. The maximum Gasteiger partial charge on any atom is 0.328 e. The molecular weight excluding hydrogens is 321 g/mol. The second kappa shape index (κ2) is 6.90. The summed E-state index contributed by atoms with van der Waals surface area (Å²) in [4.78, 5) is 48.4. The Kier molecular flexibility index (Phi) is 4.93. The highest BCUT2D eigenvalue weighted by molar-refractivity contribution is 5.96. The van der Waals surface area contributed by atoms with Crippen LogP contribution < -0.4 is 16.6 Å². The molecular formula is C15H14FN3O5. The summed E-state index contributed by atoms with van der Waals surface area (Å²) in [6.45, 7) is 1.06. The summed E-state index contributed by atoms with van der Waals surface area (Å²) in [7, 11) is 0. The number of nitrogens with one attached hydrogen (secondary N) is 2. The van der Waals surface area contributed by atoms with Gasteiger partial charge in [-0.05, 0) is 25.1 Å². The van der Waals surface area contributed by atoms with Gasteiger partial charge in [0.25, 0.3) is 11.5 Å². The summed E-state index contributed by atoms with van der Waals surface area (Å²) < 4.78 is 14.1. The zero-order valence-electron chi connectivity index (χ0n) is 12.6. The van der Waals surface area contributed by atoms with E-state index in [0.29, 0.717) is 0 Å². The number of rotatable bonds is 5. The lowest BCUT2D eigenvalue weighted by Gasteiger charge is -2.16. The Hall–Kier alpha value is -3.23. The minimum Gasteiger partial charge on any atom is -0.480 e. The van der Waals surface area contributed by atoms with E-state index in [1.54, 1.807) is 0 Å². The topological polar surface area (TPSA) is 121 Å². The molecule has 0 bridgehead atoms. The van der Waals surface area contributed by atoms with Crippen LogP contribution in [0.5, 0.6) is 0 Å². The van der Waals surface area contributed by atoms with Crippen molar-refractivity contribution in [2.45, 2.75) is 19.5 Å². The molecule has 1 aromatic carbocycles. The van der Waals surface area contributed by atoms with Gasteiger partial charge >= 0.3 is 11.7 Å². The molecule has 0 unspecified atom stereocenters. The number of hydrogen-bond acceptors (Lipinski definition) is 4. The molecule has 0 fully saturated rings. The fourth-order valence-corrected chi connectivity index (χ4v) is 2.01. The number of H-pyrrole nitrogens is 1. The van der Waals surface area contributed by atoms with Gasteiger partial charge in [-0.3, -0.25) is 19.1 Å². The third kappa shape index (κ3) is 3.94. The second-order valence-electron chi connectivity index (χ2n) is 5.10. The molecule has 1 amide bonds. The SMILES string of the molecule is Cc1cn(C[C@H](NC(=O)c2cccc(F)c2)C(=O)O)c(=O)[nH]c1=O. The Balaban J connectivity index is 2.23. The fraction of sp³-hybridized carbons (Fsp3) is 0.200. The van der Waals surface area contributed by atoms with Crippen molar-refractivity contribution >= 4 is 11.9 Å². The minimum absolute atomic E-state index is 0.0498. The fourth-order valence-electron chi connectivity index (χ4n) is 2.01. The lowest BCUT2D eigenvalue weighted by Crippen LogP contribution is -2.46. The molecule has 126 valence electrons. The van der Waals surface area contributed by atoms with E-state index in [1.165, 1.54) is 25.3 Å². The van der Waals surface area contributed by atoms with Gasteiger partial charge < -0.3 is 10.4 Å². The van der Waals surface area contributed by atoms with Crippen LogP contribution in [0.25, 0.3) is 0 Å². The predicted octanol–water partition coefficient (Wildman–Crippen LogP) is -0.133. The molecule has 0 aliphatic heterocycles. The average molecular weight is 335 g/mol. The highest BCUT2D eigenvalue weighted by Crippen LogP contribution is 2.04. The maximum absolute atomic E-state index is 13.1. The Morgan fingerprint density at radius 2 is 2.08 bits per heavy atom. The van der Waals surface area contributed by atoms with Crippen LogP contribution in [0.15, 0.2) is 40.1 Å². The van der Waals surface area contributed by atoms with Gasteiger partial charge in [0.1, 0.15) is 11.9 Å². The van der Waals surface area contributed by atoms with Crippen LogP contribution >= 0.6 is 0 Å². The van der Waals surface area contributed by atoms with Crippen molar-refractivity contribution in [3.63, 3.8) is 0 Å². The van der Waals surface area contributed by atoms with E-state index in [2.05, 4.69) is 5.32 Å². The Morgan fingerprint density at radius 3 is 2.71 bits per heavy atom. The molecule has 0 aliphatic rings. The first kappa shape index (κ1) is 17.1. The van der Waals surface area contributed by atoms with E-state index in [4.69, 9.17) is 0 Å². The van der Waals surface area contributed by atoms with Crippen LogP contribution in [-0.4, -0.2) is 32.6 Å². The molecule has 8 nitrogen and oxygen atoms in total. The van der Waals surface area contributed by atoms with Crippen molar-refractivity contribution in [2.75, 3.05) is 0 Å². The summed E-state index contributed by atoms with van der Waals surface area (Å²) in [5.74, 6) is -2.81. The number of carbonyl (C=O) groups excluding carboxylic acids is 1. The zero-order valence-corrected chi connectivity index (χ0v) is 12.6. The van der Waals surface area contributed by atoms with E-state index < -0.39 is 41.5 Å². The molecule has 0 aliphatic carbocycles. The molecule has 0 saturated heterocycles. The quantitative estimate of drug-likeness (QED) is 0.702. The van der Waals surface area contributed by atoms with Gasteiger partial charge in [-0.25, -0.2) is 14.0 Å². The van der Waals surface area contributed by atoms with Gasteiger partial charge in [0.05, 0.1) is 6.54 Å². The van der Waals surface area contributed by atoms with Gasteiger partial charge in [0.15, 0.2) is 0 Å². The predicted molar refractivity (Wildman–Crippen MR) is 81.3 cm³/mol. The number of carboxylic acids is 1. The number of carboxylic acid groups (broad SMARTS) is 1. The maximum atomic E-state index is 13.1. The van der Waals surface area contributed by atoms with Gasteiger partial charge in [-0.1, -0.05) is 6.07 Å². The summed E-state index contributed by atoms with van der Waals surface area (Å²) in [5, 5.41) is 11.4. The Morgan fingerprint density at radius 1 is 1.38 bits per heavy atom. The molecule has 0 spiro atoms. The van der Waals surface area contributed by atoms with Crippen molar-refractivity contribution in [3.8, 4) is 0 Å². The number of nitrogens with zero attached hydrogens (tertiary/aromatic N) is 1. The highest BCUT2D eigenvalue weighted by atomic mass is 19.1. The molecule has 3 N–H and O–H groups in total. The van der Waals surface area contributed by atoms with E-state index in [-0.39, 0.29) is 11.1 Å². The molecule has 24 heavy (non-hydrogen) atoms. The smallest absolute Gasteiger partial charge is 0.328 e. The monoisotopic (exact) mass is 335 g/mol. The summed E-state index contributed by atoms with van der Waals surface area (Å²) >= 11 is 0. The summed E-state index contributed by atoms with van der Waals surface area (Å²) in [6, 6.07) is 3.31. The molecule has 1 atom stereocenters. The van der Waals surface area contributed by atoms with E-state index in [9.17, 15) is 28.7 Å². The van der Waals surface area contributed by atoms with Gasteiger partial charge in [-0.2, -0.15) is 0 Å². The average Bonchev–Trinajstić information content (AvgIpc) is 2.51. The Labute approximate surface area is 134 Å². The number of halogens is 1. The normalized spacial score (nSPS) is 11.8. The van der Waals surface area contributed by atoms with Crippen molar-refractivity contribution in [1.29, 1.82) is 0 Å². The van der Waals surface area contributed by atoms with E-state index in [0.717, 1.165) is 16.7 Å². The van der Waals surface area contributed by atoms with Crippen LogP contribution in [0.4, 0.5) is 4.39 Å². The van der Waals surface area contributed by atoms with Crippen LogP contribution in [-0.2, 0) is 11.3 Å². The number of aromatic amines is 1. The van der Waals surface area contributed by atoms with Gasteiger partial charge in [0, 0.05) is 17.3 Å². The lowest BCUT2D eigenvalue weighted by molar-refractivity contribution is -0.139.